The normalized spacial score (nSPS) is 11.5. The zero-order chi connectivity index (χ0) is 21.3. The van der Waals surface area contributed by atoms with Crippen LogP contribution in [0.5, 0.6) is 5.75 Å². The van der Waals surface area contributed by atoms with Gasteiger partial charge in [0, 0.05) is 6.20 Å². The number of nitrogens with one attached hydrogen (secondary N) is 1. The second kappa shape index (κ2) is 7.51. The molecule has 2 aromatic carbocycles. The lowest BCUT2D eigenvalue weighted by Crippen LogP contribution is -2.17. The third-order valence-corrected chi connectivity index (χ3v) is 4.30. The van der Waals surface area contributed by atoms with Crippen molar-refractivity contribution in [1.29, 1.82) is 0 Å². The highest BCUT2D eigenvalue weighted by molar-refractivity contribution is 5.71. The molecule has 0 unspecified atom stereocenters. The lowest BCUT2D eigenvalue weighted by Gasteiger charge is -2.11. The van der Waals surface area contributed by atoms with Crippen LogP contribution in [0.1, 0.15) is 0 Å². The van der Waals surface area contributed by atoms with Gasteiger partial charge in [0.1, 0.15) is 17.3 Å². The van der Waals surface area contributed by atoms with Crippen molar-refractivity contribution >= 4 is 0 Å². The highest BCUT2D eigenvalue weighted by atomic mass is 19.4. The molecule has 0 spiro atoms. The Labute approximate surface area is 167 Å². The van der Waals surface area contributed by atoms with E-state index < -0.39 is 17.7 Å². The number of rotatable bonds is 4. The minimum Gasteiger partial charge on any atom is -0.406 e. The Morgan fingerprint density at radius 3 is 2.53 bits per heavy atom. The summed E-state index contributed by atoms with van der Waals surface area (Å²) < 4.78 is 57.0. The molecule has 1 N–H and O–H groups in total. The van der Waals surface area contributed by atoms with E-state index in [1.54, 1.807) is 18.2 Å². The van der Waals surface area contributed by atoms with Gasteiger partial charge in [0.05, 0.1) is 17.5 Å². The lowest BCUT2D eigenvalue weighted by molar-refractivity contribution is -0.274. The summed E-state index contributed by atoms with van der Waals surface area (Å²) in [4.78, 5) is 15.0. The molecular formula is C21H13F4N3O2. The summed E-state index contributed by atoms with van der Waals surface area (Å²) in [6, 6.07) is 14.4. The SMILES string of the molecule is O=c1[nH]cc(-c2cccc(OC(F)(F)F)c2)cc1-c1ccnn1-c1ccccc1F. The van der Waals surface area contributed by atoms with Gasteiger partial charge in [-0.3, -0.25) is 4.79 Å². The molecule has 0 radical (unpaired) electrons. The molecule has 2 aromatic heterocycles. The maximum atomic E-state index is 14.2. The molecule has 2 heterocycles. The van der Waals surface area contributed by atoms with Gasteiger partial charge in [0.25, 0.3) is 5.56 Å². The highest BCUT2D eigenvalue weighted by Crippen LogP contribution is 2.29. The van der Waals surface area contributed by atoms with Crippen molar-refractivity contribution in [3.05, 3.63) is 89.2 Å². The first kappa shape index (κ1) is 19.4. The number of ether oxygens (including phenoxy) is 1. The van der Waals surface area contributed by atoms with Crippen LogP contribution < -0.4 is 10.3 Å². The Hall–Kier alpha value is -3.88. The summed E-state index contributed by atoms with van der Waals surface area (Å²) in [6.45, 7) is 0. The van der Waals surface area contributed by atoms with Gasteiger partial charge in [-0.25, -0.2) is 9.07 Å². The van der Waals surface area contributed by atoms with E-state index in [1.165, 1.54) is 59.5 Å². The fourth-order valence-corrected chi connectivity index (χ4v) is 3.04. The topological polar surface area (TPSA) is 59.9 Å². The van der Waals surface area contributed by atoms with Gasteiger partial charge in [-0.05, 0) is 47.5 Å². The number of alkyl halides is 3. The van der Waals surface area contributed by atoms with E-state index in [2.05, 4.69) is 14.8 Å². The van der Waals surface area contributed by atoms with Crippen LogP contribution in [0.15, 0.2) is 77.9 Å². The molecule has 0 amide bonds. The summed E-state index contributed by atoms with van der Waals surface area (Å²) in [5, 5.41) is 4.10. The van der Waals surface area contributed by atoms with Gasteiger partial charge >= 0.3 is 6.36 Å². The zero-order valence-electron chi connectivity index (χ0n) is 15.2. The van der Waals surface area contributed by atoms with Gasteiger partial charge in [0.15, 0.2) is 0 Å². The van der Waals surface area contributed by atoms with E-state index in [1.807, 2.05) is 0 Å². The summed E-state index contributed by atoms with van der Waals surface area (Å²) in [7, 11) is 0. The Morgan fingerprint density at radius 1 is 0.967 bits per heavy atom. The van der Waals surface area contributed by atoms with Crippen molar-refractivity contribution < 1.29 is 22.3 Å². The Kier molecular flexibility index (Phi) is 4.86. The van der Waals surface area contributed by atoms with Crippen molar-refractivity contribution in [3.8, 4) is 33.8 Å². The number of aromatic nitrogens is 3. The average molecular weight is 415 g/mol. The first-order chi connectivity index (χ1) is 14.3. The molecule has 0 saturated heterocycles. The Balaban J connectivity index is 1.79. The smallest absolute Gasteiger partial charge is 0.406 e. The van der Waals surface area contributed by atoms with E-state index in [-0.39, 0.29) is 17.0 Å². The number of benzene rings is 2. The number of hydrogen-bond donors (Lipinski definition) is 1. The predicted molar refractivity (Wildman–Crippen MR) is 102 cm³/mol. The molecule has 0 atom stereocenters. The van der Waals surface area contributed by atoms with E-state index in [0.717, 1.165) is 0 Å². The molecule has 4 aromatic rings. The number of hydrogen-bond acceptors (Lipinski definition) is 3. The minimum absolute atomic E-state index is 0.155. The molecule has 0 saturated carbocycles. The lowest BCUT2D eigenvalue weighted by atomic mass is 10.0. The van der Waals surface area contributed by atoms with Gasteiger partial charge < -0.3 is 9.72 Å². The number of halogens is 4. The van der Waals surface area contributed by atoms with Gasteiger partial charge in [-0.1, -0.05) is 24.3 Å². The van der Waals surface area contributed by atoms with Crippen molar-refractivity contribution in [3.63, 3.8) is 0 Å². The van der Waals surface area contributed by atoms with Crippen molar-refractivity contribution in [2.24, 2.45) is 0 Å². The van der Waals surface area contributed by atoms with Gasteiger partial charge in [-0.2, -0.15) is 5.10 Å². The zero-order valence-corrected chi connectivity index (χ0v) is 15.2. The van der Waals surface area contributed by atoms with Crippen LogP contribution in [0.3, 0.4) is 0 Å². The third-order valence-electron chi connectivity index (χ3n) is 4.30. The molecule has 0 aliphatic carbocycles. The van der Waals surface area contributed by atoms with Crippen LogP contribution in [0, 0.1) is 5.82 Å². The summed E-state index contributed by atoms with van der Waals surface area (Å²) in [5.74, 6) is -0.906. The molecule has 0 aliphatic heterocycles. The quantitative estimate of drug-likeness (QED) is 0.481. The Morgan fingerprint density at radius 2 is 1.77 bits per heavy atom. The minimum atomic E-state index is -4.82. The summed E-state index contributed by atoms with van der Waals surface area (Å²) in [6.07, 6.45) is -2.02. The number of pyridine rings is 1. The molecule has 9 heteroatoms. The monoisotopic (exact) mass is 415 g/mol. The molecule has 0 fully saturated rings. The van der Waals surface area contributed by atoms with Crippen molar-refractivity contribution in [1.82, 2.24) is 14.8 Å². The van der Waals surface area contributed by atoms with Gasteiger partial charge in [0.2, 0.25) is 0 Å². The number of nitrogens with zero attached hydrogens (tertiary/aromatic N) is 2. The number of para-hydroxylation sites is 1. The molecular weight excluding hydrogens is 402 g/mol. The molecule has 5 nitrogen and oxygen atoms in total. The number of H-pyrrole nitrogens is 1. The molecule has 152 valence electrons. The van der Waals surface area contributed by atoms with E-state index >= 15 is 0 Å². The second-order valence-electron chi connectivity index (χ2n) is 6.29. The van der Waals surface area contributed by atoms with E-state index in [4.69, 9.17) is 0 Å². The van der Waals surface area contributed by atoms with Crippen molar-refractivity contribution in [2.75, 3.05) is 0 Å². The van der Waals surface area contributed by atoms with Crippen molar-refractivity contribution in [2.45, 2.75) is 6.36 Å². The molecule has 0 bridgehead atoms. The fraction of sp³-hybridized carbons (Fsp3) is 0.0476. The third kappa shape index (κ3) is 3.95. The number of aromatic amines is 1. The van der Waals surface area contributed by atoms with E-state index in [0.29, 0.717) is 16.8 Å². The molecule has 0 aliphatic rings. The first-order valence-electron chi connectivity index (χ1n) is 8.70. The second-order valence-corrected chi connectivity index (χ2v) is 6.29. The maximum absolute atomic E-state index is 14.2. The van der Waals surface area contributed by atoms with Crippen LogP contribution in [-0.2, 0) is 0 Å². The summed E-state index contributed by atoms with van der Waals surface area (Å²) in [5.41, 5.74) is 1.04. The van der Waals surface area contributed by atoms with Crippen LogP contribution in [-0.4, -0.2) is 21.1 Å². The van der Waals surface area contributed by atoms with Crippen LogP contribution in [0.2, 0.25) is 0 Å². The predicted octanol–water partition coefficient (Wildman–Crippen LogP) is 4.93. The highest BCUT2D eigenvalue weighted by Gasteiger charge is 2.31. The van der Waals surface area contributed by atoms with Crippen LogP contribution in [0.4, 0.5) is 17.6 Å². The Bertz CT molecular complexity index is 1260. The molecule has 30 heavy (non-hydrogen) atoms. The summed E-state index contributed by atoms with van der Waals surface area (Å²) >= 11 is 0. The first-order valence-corrected chi connectivity index (χ1v) is 8.70. The maximum Gasteiger partial charge on any atom is 0.573 e. The standard InChI is InChI=1S/C21H13F4N3O2/c22-17-6-1-2-7-19(17)28-18(8-9-27-28)16-11-14(12-26-20(16)29)13-4-3-5-15(10-13)30-21(23,24)25/h1-12H,(H,26,29). The van der Waals surface area contributed by atoms with Gasteiger partial charge in [-0.15, -0.1) is 13.2 Å². The largest absolute Gasteiger partial charge is 0.573 e. The van der Waals surface area contributed by atoms with E-state index in [9.17, 15) is 22.4 Å². The molecule has 4 rings (SSSR count). The van der Waals surface area contributed by atoms with Crippen LogP contribution >= 0.6 is 0 Å². The fourth-order valence-electron chi connectivity index (χ4n) is 3.04. The average Bonchev–Trinajstić information content (AvgIpc) is 3.17. The van der Waals surface area contributed by atoms with Crippen LogP contribution in [0.25, 0.3) is 28.1 Å².